The zero-order valence-corrected chi connectivity index (χ0v) is 23.2. The number of carbonyl (C=O) groups is 1. The minimum atomic E-state index is -3.62. The van der Waals surface area contributed by atoms with Crippen molar-refractivity contribution in [1.29, 1.82) is 0 Å². The Kier molecular flexibility index (Phi) is 8.35. The van der Waals surface area contributed by atoms with E-state index in [2.05, 4.69) is 15.5 Å². The molecule has 1 saturated heterocycles. The highest BCUT2D eigenvalue weighted by Crippen LogP contribution is 2.30. The lowest BCUT2D eigenvalue weighted by molar-refractivity contribution is -0.113. The monoisotopic (exact) mass is 559 g/mol. The van der Waals surface area contributed by atoms with Crippen LogP contribution in [0.2, 0.25) is 0 Å². The van der Waals surface area contributed by atoms with Crippen molar-refractivity contribution in [1.82, 2.24) is 19.5 Å². The van der Waals surface area contributed by atoms with E-state index < -0.39 is 10.0 Å². The van der Waals surface area contributed by atoms with Crippen LogP contribution in [0.15, 0.2) is 88.9 Å². The lowest BCUT2D eigenvalue weighted by atomic mass is 10.0. The quantitative estimate of drug-likeness (QED) is 0.287. The van der Waals surface area contributed by atoms with Crippen LogP contribution in [0.3, 0.4) is 0 Å². The van der Waals surface area contributed by atoms with Gasteiger partial charge in [-0.15, -0.1) is 10.2 Å². The van der Waals surface area contributed by atoms with Gasteiger partial charge in [0.1, 0.15) is 11.4 Å². The molecule has 200 valence electrons. The summed E-state index contributed by atoms with van der Waals surface area (Å²) in [6, 6.07) is 24.5. The highest BCUT2D eigenvalue weighted by Gasteiger charge is 2.27. The molecular formula is C29H29N5O3S2. The van der Waals surface area contributed by atoms with Crippen molar-refractivity contribution in [2.24, 2.45) is 0 Å². The SMILES string of the molecule is Cc1ccc(NC(=O)CSc2nnc(-c3ccccc3)c(-c3ccccc3)n2)cc1S(=O)(=O)N1CCCCC1. The molecule has 0 atom stereocenters. The number of aromatic nitrogens is 3. The second-order valence-electron chi connectivity index (χ2n) is 9.31. The molecule has 1 N–H and O–H groups in total. The first-order valence-corrected chi connectivity index (χ1v) is 15.2. The summed E-state index contributed by atoms with van der Waals surface area (Å²) in [6.07, 6.45) is 2.77. The first-order chi connectivity index (χ1) is 18.9. The summed E-state index contributed by atoms with van der Waals surface area (Å²) in [6.45, 7) is 2.82. The van der Waals surface area contributed by atoms with E-state index in [0.29, 0.717) is 40.9 Å². The smallest absolute Gasteiger partial charge is 0.243 e. The summed E-state index contributed by atoms with van der Waals surface area (Å²) in [5, 5.41) is 11.9. The van der Waals surface area contributed by atoms with Crippen LogP contribution in [-0.4, -0.2) is 52.7 Å². The Morgan fingerprint density at radius 3 is 2.18 bits per heavy atom. The van der Waals surface area contributed by atoms with Crippen LogP contribution >= 0.6 is 11.8 Å². The number of nitrogens with zero attached hydrogens (tertiary/aromatic N) is 4. The first kappa shape index (κ1) is 27.0. The largest absolute Gasteiger partial charge is 0.325 e. The molecule has 0 spiro atoms. The fourth-order valence-corrected chi connectivity index (χ4v) is 6.84. The molecule has 0 aliphatic carbocycles. The molecule has 0 bridgehead atoms. The second kappa shape index (κ2) is 12.1. The Morgan fingerprint density at radius 1 is 0.872 bits per heavy atom. The number of sulfonamides is 1. The number of rotatable bonds is 8. The summed E-state index contributed by atoms with van der Waals surface area (Å²) in [4.78, 5) is 17.8. The molecule has 1 fully saturated rings. The number of nitrogens with one attached hydrogen (secondary N) is 1. The van der Waals surface area contributed by atoms with Gasteiger partial charge in [0.2, 0.25) is 21.1 Å². The molecule has 1 aliphatic rings. The number of amides is 1. The number of carbonyl (C=O) groups excluding carboxylic acids is 1. The fourth-order valence-electron chi connectivity index (χ4n) is 4.49. The van der Waals surface area contributed by atoms with Crippen LogP contribution in [0.25, 0.3) is 22.5 Å². The fraction of sp³-hybridized carbons (Fsp3) is 0.241. The highest BCUT2D eigenvalue weighted by atomic mass is 32.2. The molecule has 0 unspecified atom stereocenters. The van der Waals surface area contributed by atoms with Crippen molar-refractivity contribution in [3.8, 4) is 22.5 Å². The van der Waals surface area contributed by atoms with Gasteiger partial charge >= 0.3 is 0 Å². The van der Waals surface area contributed by atoms with Crippen LogP contribution < -0.4 is 5.32 Å². The molecule has 1 amide bonds. The van der Waals surface area contributed by atoms with Crippen molar-refractivity contribution < 1.29 is 13.2 Å². The van der Waals surface area contributed by atoms with Crippen molar-refractivity contribution in [2.45, 2.75) is 36.2 Å². The number of benzene rings is 3. The third-order valence-electron chi connectivity index (χ3n) is 6.50. The van der Waals surface area contributed by atoms with Gasteiger partial charge in [0.15, 0.2) is 0 Å². The van der Waals surface area contributed by atoms with E-state index in [9.17, 15) is 13.2 Å². The van der Waals surface area contributed by atoms with Gasteiger partial charge in [-0.2, -0.15) is 4.31 Å². The maximum absolute atomic E-state index is 13.2. The van der Waals surface area contributed by atoms with Crippen molar-refractivity contribution >= 4 is 33.4 Å². The Labute approximate surface area is 232 Å². The van der Waals surface area contributed by atoms with Gasteiger partial charge in [-0.25, -0.2) is 13.4 Å². The average molecular weight is 560 g/mol. The van der Waals surface area contributed by atoms with Gasteiger partial charge in [0.25, 0.3) is 0 Å². The van der Waals surface area contributed by atoms with Gasteiger partial charge in [-0.05, 0) is 37.5 Å². The van der Waals surface area contributed by atoms with E-state index in [-0.39, 0.29) is 16.6 Å². The maximum atomic E-state index is 13.2. The lowest BCUT2D eigenvalue weighted by Gasteiger charge is -2.26. The number of anilines is 1. The Balaban J connectivity index is 1.31. The van der Waals surface area contributed by atoms with Crippen LogP contribution in [0, 0.1) is 6.92 Å². The Morgan fingerprint density at radius 2 is 1.51 bits per heavy atom. The predicted molar refractivity (Wildman–Crippen MR) is 154 cm³/mol. The minimum absolute atomic E-state index is 0.0443. The molecule has 2 heterocycles. The Hall–Kier alpha value is -3.60. The predicted octanol–water partition coefficient (Wildman–Crippen LogP) is 5.42. The van der Waals surface area contributed by atoms with Gasteiger partial charge in [-0.1, -0.05) is 84.9 Å². The van der Waals surface area contributed by atoms with Crippen molar-refractivity contribution in [3.63, 3.8) is 0 Å². The van der Waals surface area contributed by atoms with Gasteiger partial charge in [0, 0.05) is 29.9 Å². The van der Waals surface area contributed by atoms with E-state index in [1.54, 1.807) is 25.1 Å². The van der Waals surface area contributed by atoms with Crippen molar-refractivity contribution in [2.75, 3.05) is 24.2 Å². The third kappa shape index (κ3) is 6.35. The average Bonchev–Trinajstić information content (AvgIpc) is 2.98. The molecule has 1 aliphatic heterocycles. The topological polar surface area (TPSA) is 105 Å². The number of piperidine rings is 1. The van der Waals surface area contributed by atoms with E-state index in [1.807, 2.05) is 60.7 Å². The molecular weight excluding hydrogens is 530 g/mol. The molecule has 0 saturated carbocycles. The van der Waals surface area contributed by atoms with Gasteiger partial charge < -0.3 is 5.32 Å². The number of hydrogen-bond donors (Lipinski definition) is 1. The van der Waals surface area contributed by atoms with Crippen LogP contribution in [0.4, 0.5) is 5.69 Å². The number of hydrogen-bond acceptors (Lipinski definition) is 7. The number of aryl methyl sites for hydroxylation is 1. The second-order valence-corrected chi connectivity index (χ2v) is 12.2. The maximum Gasteiger partial charge on any atom is 0.243 e. The lowest BCUT2D eigenvalue weighted by Crippen LogP contribution is -2.36. The van der Waals surface area contributed by atoms with E-state index >= 15 is 0 Å². The van der Waals surface area contributed by atoms with E-state index in [0.717, 1.165) is 30.4 Å². The summed E-state index contributed by atoms with van der Waals surface area (Å²) in [7, 11) is -3.62. The summed E-state index contributed by atoms with van der Waals surface area (Å²) >= 11 is 1.17. The van der Waals surface area contributed by atoms with Crippen LogP contribution in [-0.2, 0) is 14.8 Å². The summed E-state index contributed by atoms with van der Waals surface area (Å²) < 4.78 is 28.0. The zero-order chi connectivity index (χ0) is 27.2. The first-order valence-electron chi connectivity index (χ1n) is 12.8. The van der Waals surface area contributed by atoms with Crippen molar-refractivity contribution in [3.05, 3.63) is 84.4 Å². The van der Waals surface area contributed by atoms with E-state index in [4.69, 9.17) is 4.98 Å². The molecule has 8 nitrogen and oxygen atoms in total. The number of thioether (sulfide) groups is 1. The molecule has 1 aromatic heterocycles. The van der Waals surface area contributed by atoms with Crippen LogP contribution in [0.1, 0.15) is 24.8 Å². The third-order valence-corrected chi connectivity index (χ3v) is 9.38. The molecule has 0 radical (unpaired) electrons. The molecule has 39 heavy (non-hydrogen) atoms. The van der Waals surface area contributed by atoms with E-state index in [1.165, 1.54) is 16.1 Å². The van der Waals surface area contributed by atoms with Gasteiger partial charge in [-0.3, -0.25) is 4.79 Å². The molecule has 4 aromatic rings. The minimum Gasteiger partial charge on any atom is -0.325 e. The standard InChI is InChI=1S/C29H29N5O3S2/c1-21-15-16-24(19-25(21)39(36,37)34-17-9-4-10-18-34)30-26(35)20-38-29-31-27(22-11-5-2-6-12-22)28(32-33-29)23-13-7-3-8-14-23/h2-3,5-8,11-16,19H,4,9-10,17-18,20H2,1H3,(H,30,35). The molecule has 3 aromatic carbocycles. The molecule has 10 heteroatoms. The highest BCUT2D eigenvalue weighted by molar-refractivity contribution is 7.99. The van der Waals surface area contributed by atoms with Crippen LogP contribution in [0.5, 0.6) is 0 Å². The normalized spacial score (nSPS) is 14.2. The summed E-state index contributed by atoms with van der Waals surface area (Å²) in [5.74, 6) is -0.245. The Bertz CT molecular complexity index is 1560. The van der Waals surface area contributed by atoms with Gasteiger partial charge in [0.05, 0.1) is 10.6 Å². The molecule has 5 rings (SSSR count). The summed E-state index contributed by atoms with van der Waals surface area (Å²) in [5.41, 5.74) is 4.24. The zero-order valence-electron chi connectivity index (χ0n) is 21.6.